The third-order valence-electron chi connectivity index (χ3n) is 2.78. The van der Waals surface area contributed by atoms with Gasteiger partial charge >= 0.3 is 0 Å². The van der Waals surface area contributed by atoms with Gasteiger partial charge < -0.3 is 10.5 Å². The molecule has 1 heterocycles. The Hall–Kier alpha value is -1.88. The van der Waals surface area contributed by atoms with E-state index in [0.29, 0.717) is 5.82 Å². The van der Waals surface area contributed by atoms with Crippen LogP contribution in [0, 0.1) is 0 Å². The van der Waals surface area contributed by atoms with Crippen LogP contribution in [0.15, 0.2) is 24.3 Å². The molecule has 96 valence electrons. The zero-order chi connectivity index (χ0) is 13.1. The molecule has 0 aliphatic rings. The number of methoxy groups -OCH3 is 1. The monoisotopic (exact) mass is 246 g/mol. The van der Waals surface area contributed by atoms with Crippen molar-refractivity contribution >= 4 is 0 Å². The highest BCUT2D eigenvalue weighted by Crippen LogP contribution is 2.21. The van der Waals surface area contributed by atoms with Gasteiger partial charge in [0.15, 0.2) is 5.82 Å². The Labute approximate surface area is 106 Å². The van der Waals surface area contributed by atoms with Crippen LogP contribution >= 0.6 is 0 Å². The van der Waals surface area contributed by atoms with Crippen LogP contribution in [-0.4, -0.2) is 22.3 Å². The van der Waals surface area contributed by atoms with Gasteiger partial charge in [-0.3, -0.25) is 5.10 Å². The van der Waals surface area contributed by atoms with E-state index in [4.69, 9.17) is 10.5 Å². The van der Waals surface area contributed by atoms with Gasteiger partial charge in [-0.25, -0.2) is 4.98 Å². The van der Waals surface area contributed by atoms with Crippen molar-refractivity contribution in [1.29, 1.82) is 0 Å². The van der Waals surface area contributed by atoms with Gasteiger partial charge in [0, 0.05) is 5.92 Å². The average molecular weight is 246 g/mol. The van der Waals surface area contributed by atoms with Crippen LogP contribution in [0.25, 0.3) is 0 Å². The average Bonchev–Trinajstić information content (AvgIpc) is 2.87. The zero-order valence-corrected chi connectivity index (χ0v) is 10.8. The van der Waals surface area contributed by atoms with Gasteiger partial charge in [0.1, 0.15) is 11.6 Å². The van der Waals surface area contributed by atoms with Gasteiger partial charge in [0.2, 0.25) is 0 Å². The second-order valence-corrected chi connectivity index (χ2v) is 4.49. The molecule has 5 heteroatoms. The van der Waals surface area contributed by atoms with E-state index in [1.54, 1.807) is 7.11 Å². The van der Waals surface area contributed by atoms with E-state index < -0.39 is 0 Å². The third-order valence-corrected chi connectivity index (χ3v) is 2.78. The van der Waals surface area contributed by atoms with Crippen molar-refractivity contribution in [3.63, 3.8) is 0 Å². The quantitative estimate of drug-likeness (QED) is 0.864. The molecule has 0 aliphatic carbocycles. The SMILES string of the molecule is COc1cccc(C(N)c2nc(C(C)C)n[nH]2)c1. The summed E-state index contributed by atoms with van der Waals surface area (Å²) in [5.41, 5.74) is 7.11. The first-order chi connectivity index (χ1) is 8.61. The smallest absolute Gasteiger partial charge is 0.153 e. The van der Waals surface area contributed by atoms with Crippen molar-refractivity contribution in [3.8, 4) is 5.75 Å². The van der Waals surface area contributed by atoms with Crippen molar-refractivity contribution < 1.29 is 4.74 Å². The van der Waals surface area contributed by atoms with E-state index in [9.17, 15) is 0 Å². The normalized spacial score (nSPS) is 12.7. The maximum Gasteiger partial charge on any atom is 0.153 e. The molecule has 1 unspecified atom stereocenters. The first-order valence-electron chi connectivity index (χ1n) is 5.93. The van der Waals surface area contributed by atoms with Crippen LogP contribution < -0.4 is 10.5 Å². The fourth-order valence-corrected chi connectivity index (χ4v) is 1.68. The molecule has 1 aromatic carbocycles. The van der Waals surface area contributed by atoms with E-state index in [1.165, 1.54) is 0 Å². The van der Waals surface area contributed by atoms with Gasteiger partial charge in [0.25, 0.3) is 0 Å². The number of ether oxygens (including phenoxy) is 1. The topological polar surface area (TPSA) is 76.8 Å². The number of nitrogens with zero attached hydrogens (tertiary/aromatic N) is 2. The largest absolute Gasteiger partial charge is 0.497 e. The molecule has 5 nitrogen and oxygen atoms in total. The lowest BCUT2D eigenvalue weighted by molar-refractivity contribution is 0.414. The maximum atomic E-state index is 6.16. The molecule has 2 aromatic rings. The standard InChI is InChI=1S/C13H18N4O/c1-8(2)12-15-13(17-16-12)11(14)9-5-4-6-10(7-9)18-3/h4-8,11H,14H2,1-3H3,(H,15,16,17). The van der Waals surface area contributed by atoms with Crippen LogP contribution in [0.2, 0.25) is 0 Å². The van der Waals surface area contributed by atoms with Gasteiger partial charge in [-0.15, -0.1) is 0 Å². The van der Waals surface area contributed by atoms with Crippen molar-refractivity contribution in [2.45, 2.75) is 25.8 Å². The molecule has 0 radical (unpaired) electrons. The number of H-pyrrole nitrogens is 1. The summed E-state index contributed by atoms with van der Waals surface area (Å²) >= 11 is 0. The number of benzene rings is 1. The molecule has 0 bridgehead atoms. The highest BCUT2D eigenvalue weighted by Gasteiger charge is 2.15. The number of aromatic nitrogens is 3. The van der Waals surface area contributed by atoms with Gasteiger partial charge in [-0.2, -0.15) is 5.10 Å². The van der Waals surface area contributed by atoms with Crippen LogP contribution in [0.3, 0.4) is 0 Å². The molecule has 2 rings (SSSR count). The molecular weight excluding hydrogens is 228 g/mol. The summed E-state index contributed by atoms with van der Waals surface area (Å²) in [6.07, 6.45) is 0. The number of nitrogens with one attached hydrogen (secondary N) is 1. The van der Waals surface area contributed by atoms with Crippen molar-refractivity contribution in [2.24, 2.45) is 5.73 Å². The minimum atomic E-state index is -0.319. The van der Waals surface area contributed by atoms with Crippen molar-refractivity contribution in [2.75, 3.05) is 7.11 Å². The van der Waals surface area contributed by atoms with Crippen LogP contribution in [-0.2, 0) is 0 Å². The number of hydrogen-bond acceptors (Lipinski definition) is 4. The van der Waals surface area contributed by atoms with E-state index in [0.717, 1.165) is 17.1 Å². The molecule has 0 amide bonds. The van der Waals surface area contributed by atoms with Gasteiger partial charge in [-0.05, 0) is 17.7 Å². The van der Waals surface area contributed by atoms with Gasteiger partial charge in [0.05, 0.1) is 13.2 Å². The van der Waals surface area contributed by atoms with E-state index in [1.807, 2.05) is 38.1 Å². The van der Waals surface area contributed by atoms with E-state index in [-0.39, 0.29) is 12.0 Å². The first kappa shape index (κ1) is 12.6. The number of rotatable bonds is 4. The summed E-state index contributed by atoms with van der Waals surface area (Å²) in [6, 6.07) is 7.33. The zero-order valence-electron chi connectivity index (χ0n) is 10.8. The number of hydrogen-bond donors (Lipinski definition) is 2. The third kappa shape index (κ3) is 2.51. The summed E-state index contributed by atoms with van der Waals surface area (Å²) in [7, 11) is 1.63. The molecule has 0 fully saturated rings. The maximum absolute atomic E-state index is 6.16. The lowest BCUT2D eigenvalue weighted by atomic mass is 10.1. The first-order valence-corrected chi connectivity index (χ1v) is 5.93. The van der Waals surface area contributed by atoms with Crippen LogP contribution in [0.1, 0.15) is 43.0 Å². The fourth-order valence-electron chi connectivity index (χ4n) is 1.68. The second kappa shape index (κ2) is 5.18. The molecule has 1 aromatic heterocycles. The summed E-state index contributed by atoms with van der Waals surface area (Å²) in [6.45, 7) is 4.09. The second-order valence-electron chi connectivity index (χ2n) is 4.49. The molecule has 1 atom stereocenters. The Kier molecular flexibility index (Phi) is 3.62. The molecule has 0 saturated carbocycles. The van der Waals surface area contributed by atoms with Crippen LogP contribution in [0.5, 0.6) is 5.75 Å². The molecule has 0 spiro atoms. The predicted octanol–water partition coefficient (Wildman–Crippen LogP) is 1.98. The van der Waals surface area contributed by atoms with Crippen molar-refractivity contribution in [1.82, 2.24) is 15.2 Å². The van der Waals surface area contributed by atoms with Gasteiger partial charge in [-0.1, -0.05) is 26.0 Å². The summed E-state index contributed by atoms with van der Waals surface area (Å²) < 4.78 is 5.18. The molecular formula is C13H18N4O. The number of aromatic amines is 1. The molecule has 0 saturated heterocycles. The van der Waals surface area contributed by atoms with E-state index in [2.05, 4.69) is 15.2 Å². The number of nitrogens with two attached hydrogens (primary N) is 1. The summed E-state index contributed by atoms with van der Waals surface area (Å²) in [5.74, 6) is 2.52. The highest BCUT2D eigenvalue weighted by molar-refractivity contribution is 5.32. The Bertz CT molecular complexity index is 521. The van der Waals surface area contributed by atoms with Crippen molar-refractivity contribution in [3.05, 3.63) is 41.5 Å². The lowest BCUT2D eigenvalue weighted by Crippen LogP contribution is -2.13. The Morgan fingerprint density at radius 3 is 2.72 bits per heavy atom. The summed E-state index contributed by atoms with van der Waals surface area (Å²) in [5, 5.41) is 7.05. The Balaban J connectivity index is 2.26. The van der Waals surface area contributed by atoms with E-state index >= 15 is 0 Å². The Morgan fingerprint density at radius 2 is 2.11 bits per heavy atom. The molecule has 3 N–H and O–H groups in total. The van der Waals surface area contributed by atoms with Crippen LogP contribution in [0.4, 0.5) is 0 Å². The molecule has 18 heavy (non-hydrogen) atoms. The minimum absolute atomic E-state index is 0.285. The molecule has 0 aliphatic heterocycles. The lowest BCUT2D eigenvalue weighted by Gasteiger charge is -2.10. The minimum Gasteiger partial charge on any atom is -0.497 e. The highest BCUT2D eigenvalue weighted by atomic mass is 16.5. The predicted molar refractivity (Wildman–Crippen MR) is 69.5 cm³/mol. The summed E-state index contributed by atoms with van der Waals surface area (Å²) in [4.78, 5) is 4.41. The fraction of sp³-hybridized carbons (Fsp3) is 0.385. The Morgan fingerprint density at radius 1 is 1.33 bits per heavy atom.